The normalized spacial score (nSPS) is 11.4. The second-order valence-corrected chi connectivity index (χ2v) is 4.51. The number of carbonyl (C=O) groups is 1. The van der Waals surface area contributed by atoms with Crippen molar-refractivity contribution in [1.29, 1.82) is 0 Å². The van der Waals surface area contributed by atoms with Crippen LogP contribution in [-0.2, 0) is 4.79 Å². The van der Waals surface area contributed by atoms with Crippen LogP contribution >= 0.6 is 0 Å². The van der Waals surface area contributed by atoms with E-state index in [-0.39, 0.29) is 12.5 Å². The lowest BCUT2D eigenvalue weighted by atomic mass is 9.91. The van der Waals surface area contributed by atoms with Gasteiger partial charge in [0.25, 0.3) is 0 Å². The maximum absolute atomic E-state index is 10.9. The average molecular weight is 185 g/mol. The van der Waals surface area contributed by atoms with Crippen LogP contribution in [0.25, 0.3) is 5.73 Å². The molecule has 78 valence electrons. The smallest absolute Gasteiger partial charge is 0.218 e. The van der Waals surface area contributed by atoms with Gasteiger partial charge < -0.3 is 11.1 Å². The molecule has 0 spiro atoms. The molecule has 2 N–H and O–H groups in total. The summed E-state index contributed by atoms with van der Waals surface area (Å²) >= 11 is 0. The van der Waals surface area contributed by atoms with Crippen LogP contribution < -0.4 is 5.32 Å². The maximum Gasteiger partial charge on any atom is 0.218 e. The number of amides is 1. The van der Waals surface area contributed by atoms with Gasteiger partial charge in [0, 0.05) is 13.0 Å². The molecule has 13 heavy (non-hydrogen) atoms. The van der Waals surface area contributed by atoms with Gasteiger partial charge in [-0.2, -0.15) is 0 Å². The predicted octanol–water partition coefficient (Wildman–Crippen LogP) is 2.37. The first-order valence-corrected chi connectivity index (χ1v) is 4.87. The highest BCUT2D eigenvalue weighted by Gasteiger charge is 2.08. The lowest BCUT2D eigenvalue weighted by Gasteiger charge is -2.17. The standard InChI is InChI=1S/C10H21N2O/c1-10(2,3)6-4-8-12-9(13)5-7-11/h11H,4-8H2,1-3H3,(H,12,13)/q-1. The fourth-order valence-electron chi connectivity index (χ4n) is 1.05. The number of hydrogen-bond donors (Lipinski definition) is 1. The van der Waals surface area contributed by atoms with Crippen LogP contribution in [0, 0.1) is 5.41 Å². The number of hydrogen-bond acceptors (Lipinski definition) is 1. The van der Waals surface area contributed by atoms with Crippen LogP contribution in [0.2, 0.25) is 0 Å². The minimum Gasteiger partial charge on any atom is -0.677 e. The van der Waals surface area contributed by atoms with E-state index in [0.717, 1.165) is 19.4 Å². The molecule has 0 atom stereocenters. The SMILES string of the molecule is CC(C)(C)CCCNC(=O)CC[NH-]. The third-order valence-corrected chi connectivity index (χ3v) is 1.78. The minimum atomic E-state index is 0.00362. The summed E-state index contributed by atoms with van der Waals surface area (Å²) in [6, 6.07) is 0. The summed E-state index contributed by atoms with van der Waals surface area (Å²) in [5.41, 5.74) is 7.20. The lowest BCUT2D eigenvalue weighted by molar-refractivity contribution is -0.120. The van der Waals surface area contributed by atoms with Gasteiger partial charge in [0.05, 0.1) is 0 Å². The van der Waals surface area contributed by atoms with E-state index in [1.807, 2.05) is 0 Å². The molecule has 0 aromatic carbocycles. The molecular formula is C10H21N2O-. The predicted molar refractivity (Wildman–Crippen MR) is 55.5 cm³/mol. The third kappa shape index (κ3) is 9.34. The Morgan fingerprint density at radius 2 is 2.00 bits per heavy atom. The molecule has 0 bridgehead atoms. The fraction of sp³-hybridized carbons (Fsp3) is 0.900. The molecule has 0 aliphatic carbocycles. The highest BCUT2D eigenvalue weighted by molar-refractivity contribution is 5.76. The van der Waals surface area contributed by atoms with Crippen molar-refractivity contribution in [3.63, 3.8) is 0 Å². The quantitative estimate of drug-likeness (QED) is 0.657. The fourth-order valence-corrected chi connectivity index (χ4v) is 1.05. The first-order chi connectivity index (χ1) is 5.95. The van der Waals surface area contributed by atoms with Crippen LogP contribution in [0.15, 0.2) is 0 Å². The molecule has 0 aromatic heterocycles. The van der Waals surface area contributed by atoms with Crippen molar-refractivity contribution in [3.8, 4) is 0 Å². The Bertz CT molecular complexity index is 149. The zero-order valence-corrected chi connectivity index (χ0v) is 8.94. The molecule has 0 aliphatic heterocycles. The first-order valence-electron chi connectivity index (χ1n) is 4.87. The van der Waals surface area contributed by atoms with Crippen molar-refractivity contribution < 1.29 is 4.79 Å². The van der Waals surface area contributed by atoms with Crippen molar-refractivity contribution in [2.75, 3.05) is 13.1 Å². The van der Waals surface area contributed by atoms with Gasteiger partial charge in [-0.05, 0) is 18.3 Å². The highest BCUT2D eigenvalue weighted by atomic mass is 16.1. The van der Waals surface area contributed by atoms with E-state index in [4.69, 9.17) is 5.73 Å². The second-order valence-electron chi connectivity index (χ2n) is 4.51. The first kappa shape index (κ1) is 12.4. The largest absolute Gasteiger partial charge is 0.677 e. The van der Waals surface area contributed by atoms with Crippen molar-refractivity contribution >= 4 is 5.91 Å². The molecule has 0 saturated heterocycles. The topological polar surface area (TPSA) is 52.9 Å². The van der Waals surface area contributed by atoms with Gasteiger partial charge >= 0.3 is 0 Å². The molecule has 0 unspecified atom stereocenters. The van der Waals surface area contributed by atoms with Crippen molar-refractivity contribution in [3.05, 3.63) is 5.73 Å². The summed E-state index contributed by atoms with van der Waals surface area (Å²) in [5.74, 6) is 0.00362. The lowest BCUT2D eigenvalue weighted by Crippen LogP contribution is -2.25. The van der Waals surface area contributed by atoms with E-state index in [1.165, 1.54) is 0 Å². The molecular weight excluding hydrogens is 164 g/mol. The van der Waals surface area contributed by atoms with Crippen molar-refractivity contribution in [2.24, 2.45) is 5.41 Å². The Labute approximate surface area is 81.1 Å². The van der Waals surface area contributed by atoms with E-state index in [1.54, 1.807) is 0 Å². The van der Waals surface area contributed by atoms with E-state index in [2.05, 4.69) is 26.1 Å². The Hall–Kier alpha value is -0.570. The van der Waals surface area contributed by atoms with Crippen molar-refractivity contribution in [1.82, 2.24) is 5.32 Å². The monoisotopic (exact) mass is 185 g/mol. The molecule has 0 saturated carbocycles. The Morgan fingerprint density at radius 3 is 2.46 bits per heavy atom. The molecule has 1 amide bonds. The van der Waals surface area contributed by atoms with Gasteiger partial charge in [0.1, 0.15) is 0 Å². The highest BCUT2D eigenvalue weighted by Crippen LogP contribution is 2.19. The number of nitrogens with one attached hydrogen (secondary N) is 2. The van der Waals surface area contributed by atoms with Gasteiger partial charge in [-0.1, -0.05) is 20.8 Å². The van der Waals surface area contributed by atoms with Gasteiger partial charge in [-0.15, -0.1) is 6.54 Å². The number of rotatable bonds is 5. The second kappa shape index (κ2) is 5.97. The Morgan fingerprint density at radius 1 is 1.38 bits per heavy atom. The van der Waals surface area contributed by atoms with E-state index in [9.17, 15) is 4.79 Å². The molecule has 0 rings (SSSR count). The molecule has 3 nitrogen and oxygen atoms in total. The van der Waals surface area contributed by atoms with Crippen LogP contribution in [0.4, 0.5) is 0 Å². The van der Waals surface area contributed by atoms with Gasteiger partial charge in [0.15, 0.2) is 0 Å². The van der Waals surface area contributed by atoms with Crippen LogP contribution in [0.5, 0.6) is 0 Å². The molecule has 3 heteroatoms. The molecule has 0 aromatic rings. The summed E-state index contributed by atoms with van der Waals surface area (Å²) < 4.78 is 0. The zero-order valence-electron chi connectivity index (χ0n) is 8.94. The van der Waals surface area contributed by atoms with Crippen LogP contribution in [0.3, 0.4) is 0 Å². The van der Waals surface area contributed by atoms with Gasteiger partial charge in [-0.3, -0.25) is 4.79 Å². The molecule has 0 fully saturated rings. The Balaban J connectivity index is 3.31. The minimum absolute atomic E-state index is 0.00362. The van der Waals surface area contributed by atoms with Gasteiger partial charge in [-0.25, -0.2) is 0 Å². The summed E-state index contributed by atoms with van der Waals surface area (Å²) in [6.07, 6.45) is 2.47. The van der Waals surface area contributed by atoms with Gasteiger partial charge in [0.2, 0.25) is 5.91 Å². The summed E-state index contributed by atoms with van der Waals surface area (Å²) in [6.45, 7) is 7.51. The molecule has 0 heterocycles. The van der Waals surface area contributed by atoms with Crippen molar-refractivity contribution in [2.45, 2.75) is 40.0 Å². The molecule has 0 radical (unpaired) electrons. The average Bonchev–Trinajstić information content (AvgIpc) is 1.97. The van der Waals surface area contributed by atoms with E-state index in [0.29, 0.717) is 11.8 Å². The number of carbonyl (C=O) groups excluding carboxylic acids is 1. The summed E-state index contributed by atoms with van der Waals surface area (Å²) in [5, 5.41) is 2.80. The van der Waals surface area contributed by atoms with Crippen LogP contribution in [0.1, 0.15) is 40.0 Å². The summed E-state index contributed by atoms with van der Waals surface area (Å²) in [7, 11) is 0. The third-order valence-electron chi connectivity index (χ3n) is 1.78. The Kier molecular flexibility index (Phi) is 5.71. The molecule has 0 aliphatic rings. The van der Waals surface area contributed by atoms with E-state index >= 15 is 0 Å². The van der Waals surface area contributed by atoms with E-state index < -0.39 is 0 Å². The maximum atomic E-state index is 10.9. The summed E-state index contributed by atoms with van der Waals surface area (Å²) in [4.78, 5) is 10.9. The van der Waals surface area contributed by atoms with Crippen LogP contribution in [-0.4, -0.2) is 19.0 Å². The zero-order chi connectivity index (χ0) is 10.3.